The number of aliphatic hydroxyl groups excluding tert-OH is 2. The second-order valence-electron chi connectivity index (χ2n) is 1.80. The van der Waals surface area contributed by atoms with Gasteiger partial charge in [0.1, 0.15) is 6.10 Å². The van der Waals surface area contributed by atoms with Crippen molar-refractivity contribution in [3.8, 4) is 0 Å². The molecule has 54 valence electrons. The summed E-state index contributed by atoms with van der Waals surface area (Å²) in [6.45, 7) is 0. The van der Waals surface area contributed by atoms with E-state index in [1.807, 2.05) is 0 Å². The number of thiol groups is 1. The number of rotatable bonds is 3. The van der Waals surface area contributed by atoms with Crippen LogP contribution in [0.1, 0.15) is 0 Å². The minimum Gasteiger partial charge on any atom is -0.389 e. The van der Waals surface area contributed by atoms with E-state index in [1.165, 1.54) is 0 Å². The lowest BCUT2D eigenvalue weighted by Crippen LogP contribution is -2.30. The monoisotopic (exact) mass is 184 g/mol. The first-order valence-corrected chi connectivity index (χ1v) is 5.45. The van der Waals surface area contributed by atoms with Crippen LogP contribution in [0.2, 0.25) is 0 Å². The molecular formula is C4H8O2S3. The lowest BCUT2D eigenvalue weighted by molar-refractivity contribution is 0.0469. The van der Waals surface area contributed by atoms with Crippen molar-refractivity contribution in [2.24, 2.45) is 0 Å². The summed E-state index contributed by atoms with van der Waals surface area (Å²) in [5.41, 5.74) is 0. The van der Waals surface area contributed by atoms with Crippen molar-refractivity contribution in [1.82, 2.24) is 0 Å². The number of hydrogen-bond acceptors (Lipinski definition) is 5. The zero-order valence-corrected chi connectivity index (χ0v) is 7.12. The van der Waals surface area contributed by atoms with Crippen LogP contribution in [0.25, 0.3) is 0 Å². The molecule has 0 bridgehead atoms. The Morgan fingerprint density at radius 3 is 2.33 bits per heavy atom. The Bertz CT molecular complexity index is 95.8. The first-order chi connectivity index (χ1) is 4.25. The molecule has 0 aliphatic carbocycles. The standard InChI is InChI=1S/C4H8O2S3/c5-2(1-7)3(6)4-8-9-4/h2-7H,1H2/t2-,3-/m0/s1. The van der Waals surface area contributed by atoms with Crippen molar-refractivity contribution >= 4 is 34.2 Å². The predicted octanol–water partition coefficient (Wildman–Crippen LogP) is 0.359. The average molecular weight is 184 g/mol. The fraction of sp³-hybridized carbons (Fsp3) is 1.00. The van der Waals surface area contributed by atoms with Gasteiger partial charge in [0.15, 0.2) is 0 Å². The summed E-state index contributed by atoms with van der Waals surface area (Å²) in [4.78, 5) is 0. The molecule has 0 amide bonds. The molecular weight excluding hydrogens is 176 g/mol. The quantitative estimate of drug-likeness (QED) is 0.336. The van der Waals surface area contributed by atoms with Crippen molar-refractivity contribution < 1.29 is 10.2 Å². The predicted molar refractivity (Wildman–Crippen MR) is 44.8 cm³/mol. The highest BCUT2D eigenvalue weighted by molar-refractivity contribution is 8.92. The molecule has 2 nitrogen and oxygen atoms in total. The molecule has 2 N–H and O–H groups in total. The first kappa shape index (κ1) is 8.07. The summed E-state index contributed by atoms with van der Waals surface area (Å²) in [5.74, 6) is 0.332. The molecule has 0 radical (unpaired) electrons. The van der Waals surface area contributed by atoms with E-state index >= 15 is 0 Å². The SMILES string of the molecule is O[C@H](C1SS1)[C@@H](O)CS. The lowest BCUT2D eigenvalue weighted by Gasteiger charge is -2.11. The summed E-state index contributed by atoms with van der Waals surface area (Å²) in [5, 5.41) is 18.1. The highest BCUT2D eigenvalue weighted by Gasteiger charge is 2.36. The first-order valence-electron chi connectivity index (χ1n) is 2.55. The van der Waals surface area contributed by atoms with Gasteiger partial charge in [-0.2, -0.15) is 12.6 Å². The lowest BCUT2D eigenvalue weighted by atomic mass is 10.2. The van der Waals surface area contributed by atoms with Gasteiger partial charge in [0, 0.05) is 5.75 Å². The maximum absolute atomic E-state index is 9.12. The fourth-order valence-electron chi connectivity index (χ4n) is 0.435. The van der Waals surface area contributed by atoms with Gasteiger partial charge in [-0.25, -0.2) is 0 Å². The van der Waals surface area contributed by atoms with Crippen molar-refractivity contribution in [1.29, 1.82) is 0 Å². The molecule has 0 aromatic heterocycles. The van der Waals surface area contributed by atoms with Gasteiger partial charge in [-0.3, -0.25) is 0 Å². The number of aliphatic hydroxyl groups is 2. The van der Waals surface area contributed by atoms with Crippen molar-refractivity contribution in [3.63, 3.8) is 0 Å². The molecule has 0 spiro atoms. The Balaban J connectivity index is 2.22. The van der Waals surface area contributed by atoms with Crippen molar-refractivity contribution in [2.75, 3.05) is 5.75 Å². The Labute approximate surface area is 67.2 Å². The summed E-state index contributed by atoms with van der Waals surface area (Å²) >= 11 is 3.85. The molecule has 1 aliphatic rings. The Kier molecular flexibility index (Phi) is 3.04. The molecule has 1 rings (SSSR count). The summed E-state index contributed by atoms with van der Waals surface area (Å²) in [6.07, 6.45) is -1.27. The molecule has 0 aromatic carbocycles. The van der Waals surface area contributed by atoms with Crippen LogP contribution in [0.3, 0.4) is 0 Å². The molecule has 0 aromatic rings. The van der Waals surface area contributed by atoms with Gasteiger partial charge in [-0.15, -0.1) is 0 Å². The minimum atomic E-state index is -0.666. The third-order valence-corrected chi connectivity index (χ3v) is 3.66. The van der Waals surface area contributed by atoms with Crippen LogP contribution in [0, 0.1) is 0 Å². The second-order valence-corrected chi connectivity index (χ2v) is 5.02. The maximum atomic E-state index is 9.12. The van der Waals surface area contributed by atoms with Gasteiger partial charge < -0.3 is 10.2 Å². The van der Waals surface area contributed by atoms with Crippen molar-refractivity contribution in [3.05, 3.63) is 0 Å². The van der Waals surface area contributed by atoms with Crippen LogP contribution >= 0.6 is 34.2 Å². The van der Waals surface area contributed by atoms with E-state index in [9.17, 15) is 0 Å². The molecule has 1 aliphatic heterocycles. The van der Waals surface area contributed by atoms with Crippen LogP contribution in [-0.4, -0.2) is 32.8 Å². The van der Waals surface area contributed by atoms with Crippen molar-refractivity contribution in [2.45, 2.75) is 16.8 Å². The normalized spacial score (nSPS) is 25.7. The van der Waals surface area contributed by atoms with Gasteiger partial charge in [0.25, 0.3) is 0 Å². The Morgan fingerprint density at radius 2 is 2.00 bits per heavy atom. The number of hydrogen-bond donors (Lipinski definition) is 3. The molecule has 1 heterocycles. The summed E-state index contributed by atoms with van der Waals surface area (Å²) in [7, 11) is 3.19. The highest BCUT2D eigenvalue weighted by Crippen LogP contribution is 2.55. The van der Waals surface area contributed by atoms with Crippen LogP contribution in [0.15, 0.2) is 0 Å². The average Bonchev–Trinajstić information content (AvgIpc) is 2.66. The van der Waals surface area contributed by atoms with E-state index in [1.54, 1.807) is 21.6 Å². The maximum Gasteiger partial charge on any atom is 0.103 e. The molecule has 5 heteroatoms. The second kappa shape index (κ2) is 3.39. The van der Waals surface area contributed by atoms with Crippen LogP contribution < -0.4 is 0 Å². The van der Waals surface area contributed by atoms with E-state index in [0.717, 1.165) is 0 Å². The van der Waals surface area contributed by atoms with E-state index < -0.39 is 12.2 Å². The van der Waals surface area contributed by atoms with E-state index in [-0.39, 0.29) is 4.58 Å². The summed E-state index contributed by atoms with van der Waals surface area (Å²) < 4.78 is 0.187. The van der Waals surface area contributed by atoms with E-state index in [2.05, 4.69) is 12.6 Å². The van der Waals surface area contributed by atoms with Gasteiger partial charge in [-0.05, 0) is 0 Å². The molecule has 2 atom stereocenters. The largest absolute Gasteiger partial charge is 0.389 e. The Hall–Kier alpha value is 0.970. The summed E-state index contributed by atoms with van der Waals surface area (Å²) in [6, 6.07) is 0. The van der Waals surface area contributed by atoms with Gasteiger partial charge in [0.2, 0.25) is 0 Å². The van der Waals surface area contributed by atoms with Crippen LogP contribution in [0.4, 0.5) is 0 Å². The van der Waals surface area contributed by atoms with Gasteiger partial charge in [0.05, 0.1) is 10.7 Å². The molecule has 0 unspecified atom stereocenters. The molecule has 9 heavy (non-hydrogen) atoms. The molecule has 1 saturated heterocycles. The zero-order valence-electron chi connectivity index (χ0n) is 4.60. The minimum absolute atomic E-state index is 0.187. The zero-order chi connectivity index (χ0) is 6.85. The molecule has 1 fully saturated rings. The Morgan fingerprint density at radius 1 is 1.44 bits per heavy atom. The topological polar surface area (TPSA) is 40.5 Å². The van der Waals surface area contributed by atoms with Crippen LogP contribution in [0.5, 0.6) is 0 Å². The van der Waals surface area contributed by atoms with Gasteiger partial charge >= 0.3 is 0 Å². The third kappa shape index (κ3) is 2.23. The third-order valence-electron chi connectivity index (χ3n) is 1.07. The highest BCUT2D eigenvalue weighted by atomic mass is 33.2. The van der Waals surface area contributed by atoms with Gasteiger partial charge in [-0.1, -0.05) is 21.6 Å². The smallest absolute Gasteiger partial charge is 0.103 e. The van der Waals surface area contributed by atoms with E-state index in [4.69, 9.17) is 10.2 Å². The molecule has 0 saturated carbocycles. The van der Waals surface area contributed by atoms with E-state index in [0.29, 0.717) is 5.75 Å². The van der Waals surface area contributed by atoms with Crippen LogP contribution in [-0.2, 0) is 0 Å². The fourth-order valence-corrected chi connectivity index (χ4v) is 2.18.